The highest BCUT2D eigenvalue weighted by molar-refractivity contribution is 8.23. The Hall–Kier alpha value is -3.73. The summed E-state index contributed by atoms with van der Waals surface area (Å²) in [4.78, 5) is 19.4. The van der Waals surface area contributed by atoms with E-state index in [0.29, 0.717) is 28.9 Å². The van der Waals surface area contributed by atoms with E-state index in [1.54, 1.807) is 36.4 Å². The molecule has 4 aromatic rings. The van der Waals surface area contributed by atoms with Crippen LogP contribution in [0.5, 0.6) is 0 Å². The van der Waals surface area contributed by atoms with Gasteiger partial charge in [0.1, 0.15) is 11.1 Å². The Bertz CT molecular complexity index is 1630. The van der Waals surface area contributed by atoms with E-state index in [1.165, 1.54) is 6.07 Å². The van der Waals surface area contributed by atoms with Gasteiger partial charge in [0.2, 0.25) is 15.9 Å². The van der Waals surface area contributed by atoms with Crippen molar-refractivity contribution < 1.29 is 22.3 Å². The number of carbonyl (C=O) groups is 1. The number of amides is 1. The predicted molar refractivity (Wildman–Crippen MR) is 140 cm³/mol. The highest BCUT2D eigenvalue weighted by Crippen LogP contribution is 2.56. The molecular weight excluding hydrogens is 514 g/mol. The molecule has 12 heteroatoms. The summed E-state index contributed by atoms with van der Waals surface area (Å²) in [6.45, 7) is 0.0691. The first kappa shape index (κ1) is 24.9. The number of benzene rings is 3. The molecule has 0 aliphatic carbocycles. The molecule has 1 aromatic heterocycles. The minimum Gasteiger partial charge on any atom is -0.338 e. The summed E-state index contributed by atoms with van der Waals surface area (Å²) in [5.74, 6) is -0.0439. The number of nitrogens with one attached hydrogen (secondary N) is 3. The second-order valence-corrected chi connectivity index (χ2v) is 12.3. The van der Waals surface area contributed by atoms with E-state index < -0.39 is 32.0 Å². The van der Waals surface area contributed by atoms with Crippen LogP contribution in [0.3, 0.4) is 0 Å². The van der Waals surface area contributed by atoms with Crippen LogP contribution in [0.4, 0.5) is 0 Å². The fourth-order valence-electron chi connectivity index (χ4n) is 4.37. The molecule has 3 aromatic carbocycles. The average molecular weight is 538 g/mol. The van der Waals surface area contributed by atoms with Gasteiger partial charge in [-0.1, -0.05) is 36.4 Å². The normalized spacial score (nSPS) is 17.9. The number of aromatic amines is 1. The summed E-state index contributed by atoms with van der Waals surface area (Å²) in [5, 5.41) is 8.70. The molecule has 1 unspecified atom stereocenters. The number of H-pyrrole nitrogens is 1. The Labute approximate surface area is 214 Å². The maximum Gasteiger partial charge on any atom is 0.241 e. The first-order chi connectivity index (χ1) is 17.7. The SMILES string of the molecule is N#Cc1cc(CCNS(=O)(=O)c2ccccc2-c2nc3ccccc3[nH]2)ccc1C1CC(=O)NS1(O)O. The first-order valence-corrected chi connectivity index (χ1v) is 14.4. The molecule has 5 rings (SSSR count). The molecule has 190 valence electrons. The largest absolute Gasteiger partial charge is 0.338 e. The number of fused-ring (bicyclic) bond motifs is 1. The van der Waals surface area contributed by atoms with Gasteiger partial charge in [-0.15, -0.1) is 10.8 Å². The van der Waals surface area contributed by atoms with Crippen molar-refractivity contribution in [2.24, 2.45) is 0 Å². The zero-order valence-electron chi connectivity index (χ0n) is 19.4. The standard InChI is InChI=1S/C25H23N5O5S2/c26-15-17-13-16(9-10-18(17)23-14-24(31)30-37(23,34)35)11-12-27-36(32,33)22-8-4-1-5-19(22)25-28-20-6-2-3-7-21(20)29-25/h1-10,13,23,27,34-35H,11-12,14H2,(H,28,29)(H,30,31). The fraction of sp³-hybridized carbons (Fsp3) is 0.160. The van der Waals surface area contributed by atoms with E-state index in [4.69, 9.17) is 0 Å². The van der Waals surface area contributed by atoms with E-state index in [0.717, 1.165) is 11.0 Å². The van der Waals surface area contributed by atoms with Crippen LogP contribution in [-0.2, 0) is 21.2 Å². The van der Waals surface area contributed by atoms with Crippen LogP contribution in [0.1, 0.15) is 28.4 Å². The second kappa shape index (κ2) is 9.62. The smallest absolute Gasteiger partial charge is 0.241 e. The molecule has 5 N–H and O–H groups in total. The quantitative estimate of drug-likeness (QED) is 0.238. The lowest BCUT2D eigenvalue weighted by atomic mass is 9.99. The van der Waals surface area contributed by atoms with Crippen molar-refractivity contribution >= 4 is 37.7 Å². The number of rotatable bonds is 7. The van der Waals surface area contributed by atoms with Crippen LogP contribution in [-0.4, -0.2) is 39.9 Å². The van der Waals surface area contributed by atoms with E-state index >= 15 is 0 Å². The van der Waals surface area contributed by atoms with E-state index in [1.807, 2.05) is 30.3 Å². The topological polar surface area (TPSA) is 168 Å². The van der Waals surface area contributed by atoms with Crippen LogP contribution < -0.4 is 9.44 Å². The Morgan fingerprint density at radius 3 is 2.59 bits per heavy atom. The van der Waals surface area contributed by atoms with Crippen LogP contribution in [0.15, 0.2) is 71.6 Å². The summed E-state index contributed by atoms with van der Waals surface area (Å²) in [5.41, 5.74) is 3.23. The number of hydrogen-bond acceptors (Lipinski definition) is 7. The monoisotopic (exact) mass is 537 g/mol. The second-order valence-electron chi connectivity index (χ2n) is 8.59. The van der Waals surface area contributed by atoms with Crippen molar-refractivity contribution in [1.82, 2.24) is 19.4 Å². The summed E-state index contributed by atoms with van der Waals surface area (Å²) >= 11 is 0. The van der Waals surface area contributed by atoms with Gasteiger partial charge in [0.25, 0.3) is 0 Å². The third-order valence-electron chi connectivity index (χ3n) is 6.14. The molecule has 1 aliphatic heterocycles. The molecule has 10 nitrogen and oxygen atoms in total. The van der Waals surface area contributed by atoms with Gasteiger partial charge in [-0.05, 0) is 47.9 Å². The zero-order chi connectivity index (χ0) is 26.2. The Balaban J connectivity index is 1.33. The van der Waals surface area contributed by atoms with Gasteiger partial charge in [0.15, 0.2) is 0 Å². The third kappa shape index (κ3) is 4.95. The number of nitrogens with zero attached hydrogens (tertiary/aromatic N) is 2. The van der Waals surface area contributed by atoms with E-state index in [9.17, 15) is 27.6 Å². The van der Waals surface area contributed by atoms with Gasteiger partial charge in [0, 0.05) is 12.1 Å². The summed E-state index contributed by atoms with van der Waals surface area (Å²) in [7, 11) is -7.28. The fourth-order valence-corrected chi connectivity index (χ4v) is 7.12. The highest BCUT2D eigenvalue weighted by Gasteiger charge is 2.39. The molecule has 1 fully saturated rings. The average Bonchev–Trinajstić information content (AvgIpc) is 3.43. The number of aromatic nitrogens is 2. The molecule has 1 aliphatic rings. The van der Waals surface area contributed by atoms with Gasteiger partial charge < -0.3 is 4.98 Å². The lowest BCUT2D eigenvalue weighted by Crippen LogP contribution is -2.26. The lowest BCUT2D eigenvalue weighted by Gasteiger charge is -2.33. The maximum atomic E-state index is 13.2. The van der Waals surface area contributed by atoms with Crippen LogP contribution in [0, 0.1) is 11.3 Å². The van der Waals surface area contributed by atoms with Crippen molar-refractivity contribution in [3.63, 3.8) is 0 Å². The van der Waals surface area contributed by atoms with Crippen molar-refractivity contribution in [3.05, 3.63) is 83.4 Å². The van der Waals surface area contributed by atoms with E-state index in [2.05, 4.69) is 19.4 Å². The molecule has 1 atom stereocenters. The van der Waals surface area contributed by atoms with Crippen molar-refractivity contribution in [3.8, 4) is 17.5 Å². The number of hydrogen-bond donors (Lipinski definition) is 5. The number of imidazole rings is 1. The molecule has 1 amide bonds. The van der Waals surface area contributed by atoms with Gasteiger partial charge >= 0.3 is 0 Å². The van der Waals surface area contributed by atoms with Gasteiger partial charge in [-0.25, -0.2) is 18.1 Å². The first-order valence-electron chi connectivity index (χ1n) is 11.3. The van der Waals surface area contributed by atoms with Gasteiger partial charge in [-0.2, -0.15) is 5.26 Å². The van der Waals surface area contributed by atoms with Crippen molar-refractivity contribution in [2.45, 2.75) is 23.0 Å². The van der Waals surface area contributed by atoms with E-state index in [-0.39, 0.29) is 23.4 Å². The minimum absolute atomic E-state index is 0.0691. The van der Waals surface area contributed by atoms with Crippen molar-refractivity contribution in [1.29, 1.82) is 5.26 Å². The number of para-hydroxylation sites is 2. The summed E-state index contributed by atoms with van der Waals surface area (Å²) in [6.07, 6.45) is 0.167. The van der Waals surface area contributed by atoms with Crippen LogP contribution >= 0.6 is 10.8 Å². The molecule has 1 saturated heterocycles. The van der Waals surface area contributed by atoms with Gasteiger partial charge in [0.05, 0.1) is 34.0 Å². The molecule has 0 saturated carbocycles. The molecule has 2 heterocycles. The predicted octanol–water partition coefficient (Wildman–Crippen LogP) is 3.85. The van der Waals surface area contributed by atoms with Crippen LogP contribution in [0.25, 0.3) is 22.4 Å². The number of sulfonamides is 1. The molecule has 0 spiro atoms. The highest BCUT2D eigenvalue weighted by atomic mass is 32.3. The third-order valence-corrected chi connectivity index (χ3v) is 9.40. The molecule has 0 bridgehead atoms. The Kier molecular flexibility index (Phi) is 6.49. The molecule has 0 radical (unpaired) electrons. The Morgan fingerprint density at radius 1 is 1.11 bits per heavy atom. The van der Waals surface area contributed by atoms with Gasteiger partial charge in [-0.3, -0.25) is 18.6 Å². The number of nitriles is 1. The lowest BCUT2D eigenvalue weighted by molar-refractivity contribution is -0.118. The zero-order valence-corrected chi connectivity index (χ0v) is 21.0. The van der Waals surface area contributed by atoms with Crippen molar-refractivity contribution in [2.75, 3.05) is 6.54 Å². The molecular formula is C25H23N5O5S2. The summed E-state index contributed by atoms with van der Waals surface area (Å²) < 4.78 is 51.5. The minimum atomic E-state index is -3.89. The summed E-state index contributed by atoms with van der Waals surface area (Å²) in [6, 6.07) is 20.9. The molecule has 37 heavy (non-hydrogen) atoms. The Morgan fingerprint density at radius 2 is 1.86 bits per heavy atom. The maximum absolute atomic E-state index is 13.2. The van der Waals surface area contributed by atoms with Crippen LogP contribution in [0.2, 0.25) is 0 Å². The number of carbonyl (C=O) groups excluding carboxylic acids is 1.